The van der Waals surface area contributed by atoms with Gasteiger partial charge in [-0.2, -0.15) is 0 Å². The second kappa shape index (κ2) is 5.52. The lowest BCUT2D eigenvalue weighted by atomic mass is 9.88. The fraction of sp³-hybridized carbons (Fsp3) is 0.833. The SMILES string of the molecule is C=CCCC(C)(O)C1CCCCCN1. The van der Waals surface area contributed by atoms with Crippen molar-refractivity contribution in [3.05, 3.63) is 12.7 Å². The van der Waals surface area contributed by atoms with Crippen LogP contribution in [0.4, 0.5) is 0 Å². The molecule has 14 heavy (non-hydrogen) atoms. The molecule has 1 aliphatic heterocycles. The Balaban J connectivity index is 2.45. The summed E-state index contributed by atoms with van der Waals surface area (Å²) in [6.07, 6.45) is 8.46. The fourth-order valence-corrected chi connectivity index (χ4v) is 2.13. The van der Waals surface area contributed by atoms with Crippen LogP contribution in [0, 0.1) is 0 Å². The van der Waals surface area contributed by atoms with Gasteiger partial charge in [0.15, 0.2) is 0 Å². The van der Waals surface area contributed by atoms with Crippen molar-refractivity contribution in [2.24, 2.45) is 0 Å². The first-order valence-electron chi connectivity index (χ1n) is 5.73. The summed E-state index contributed by atoms with van der Waals surface area (Å²) in [6, 6.07) is 0.268. The molecule has 2 N–H and O–H groups in total. The van der Waals surface area contributed by atoms with Crippen LogP contribution in [-0.2, 0) is 0 Å². The van der Waals surface area contributed by atoms with E-state index in [1.165, 1.54) is 19.3 Å². The molecule has 2 heteroatoms. The molecule has 0 saturated carbocycles. The predicted octanol–water partition coefficient (Wildman–Crippen LogP) is 2.24. The Morgan fingerprint density at radius 3 is 3.00 bits per heavy atom. The maximum absolute atomic E-state index is 10.3. The lowest BCUT2D eigenvalue weighted by molar-refractivity contribution is 0.0107. The minimum absolute atomic E-state index is 0.268. The van der Waals surface area contributed by atoms with Gasteiger partial charge in [0.05, 0.1) is 5.60 Å². The lowest BCUT2D eigenvalue weighted by Gasteiger charge is -2.32. The highest BCUT2D eigenvalue weighted by molar-refractivity contribution is 4.90. The Bertz CT molecular complexity index is 169. The van der Waals surface area contributed by atoms with Crippen molar-refractivity contribution in [2.45, 2.75) is 57.1 Å². The van der Waals surface area contributed by atoms with Crippen molar-refractivity contribution in [1.29, 1.82) is 0 Å². The van der Waals surface area contributed by atoms with E-state index in [1.54, 1.807) is 0 Å². The monoisotopic (exact) mass is 197 g/mol. The number of aliphatic hydroxyl groups is 1. The number of allylic oxidation sites excluding steroid dienone is 1. The first-order chi connectivity index (χ1) is 6.67. The van der Waals surface area contributed by atoms with Crippen molar-refractivity contribution < 1.29 is 5.11 Å². The molecule has 0 aliphatic carbocycles. The number of nitrogens with one attached hydrogen (secondary N) is 1. The minimum atomic E-state index is -0.571. The largest absolute Gasteiger partial charge is 0.389 e. The van der Waals surface area contributed by atoms with Gasteiger partial charge >= 0.3 is 0 Å². The number of hydrogen-bond acceptors (Lipinski definition) is 2. The standard InChI is InChI=1S/C12H23NO/c1-3-4-9-12(2,14)11-8-6-5-7-10-13-11/h3,11,13-14H,1,4-10H2,2H3. The van der Waals surface area contributed by atoms with Crippen LogP contribution in [0.5, 0.6) is 0 Å². The minimum Gasteiger partial charge on any atom is -0.389 e. The highest BCUT2D eigenvalue weighted by Crippen LogP contribution is 2.23. The number of rotatable bonds is 4. The Hall–Kier alpha value is -0.340. The normalized spacial score (nSPS) is 27.7. The summed E-state index contributed by atoms with van der Waals surface area (Å²) in [5.74, 6) is 0. The molecule has 1 saturated heterocycles. The summed E-state index contributed by atoms with van der Waals surface area (Å²) in [7, 11) is 0. The Morgan fingerprint density at radius 1 is 1.50 bits per heavy atom. The first kappa shape index (κ1) is 11.7. The van der Waals surface area contributed by atoms with Crippen LogP contribution in [0.2, 0.25) is 0 Å². The lowest BCUT2D eigenvalue weighted by Crippen LogP contribution is -2.48. The van der Waals surface area contributed by atoms with E-state index in [2.05, 4.69) is 11.9 Å². The number of hydrogen-bond donors (Lipinski definition) is 2. The van der Waals surface area contributed by atoms with Gasteiger partial charge < -0.3 is 10.4 Å². The van der Waals surface area contributed by atoms with Gasteiger partial charge in [0.1, 0.15) is 0 Å². The van der Waals surface area contributed by atoms with Gasteiger partial charge in [-0.1, -0.05) is 18.9 Å². The molecule has 1 rings (SSSR count). The van der Waals surface area contributed by atoms with Crippen LogP contribution in [0.25, 0.3) is 0 Å². The van der Waals surface area contributed by atoms with E-state index in [1.807, 2.05) is 13.0 Å². The summed E-state index contributed by atoms with van der Waals surface area (Å²) < 4.78 is 0. The van der Waals surface area contributed by atoms with E-state index >= 15 is 0 Å². The highest BCUT2D eigenvalue weighted by Gasteiger charge is 2.30. The molecule has 1 aliphatic rings. The predicted molar refractivity (Wildman–Crippen MR) is 60.3 cm³/mol. The first-order valence-corrected chi connectivity index (χ1v) is 5.73. The van der Waals surface area contributed by atoms with Crippen LogP contribution < -0.4 is 5.32 Å². The van der Waals surface area contributed by atoms with Gasteiger partial charge in [0.2, 0.25) is 0 Å². The molecular formula is C12H23NO. The van der Waals surface area contributed by atoms with Crippen molar-refractivity contribution in [2.75, 3.05) is 6.54 Å². The van der Waals surface area contributed by atoms with E-state index in [0.29, 0.717) is 0 Å². The van der Waals surface area contributed by atoms with Gasteiger partial charge in [-0.05, 0) is 39.2 Å². The Labute approximate surface area is 87.4 Å². The van der Waals surface area contributed by atoms with Crippen LogP contribution >= 0.6 is 0 Å². The molecule has 0 spiro atoms. The third kappa shape index (κ3) is 3.43. The van der Waals surface area contributed by atoms with Gasteiger partial charge in [-0.25, -0.2) is 0 Å². The topological polar surface area (TPSA) is 32.3 Å². The maximum atomic E-state index is 10.3. The fourth-order valence-electron chi connectivity index (χ4n) is 2.13. The zero-order chi connectivity index (χ0) is 10.4. The quantitative estimate of drug-likeness (QED) is 0.677. The Kier molecular flexibility index (Phi) is 4.63. The van der Waals surface area contributed by atoms with E-state index in [9.17, 15) is 5.11 Å². The third-order valence-corrected chi connectivity index (χ3v) is 3.17. The van der Waals surface area contributed by atoms with Gasteiger partial charge in [0, 0.05) is 6.04 Å². The summed E-state index contributed by atoms with van der Waals surface area (Å²) in [6.45, 7) is 6.69. The molecule has 1 heterocycles. The molecule has 0 aromatic carbocycles. The molecule has 1 fully saturated rings. The maximum Gasteiger partial charge on any atom is 0.0775 e. The van der Waals surface area contributed by atoms with Crippen LogP contribution in [0.1, 0.15) is 45.4 Å². The van der Waals surface area contributed by atoms with Crippen molar-refractivity contribution >= 4 is 0 Å². The molecule has 2 unspecified atom stereocenters. The van der Waals surface area contributed by atoms with E-state index in [0.717, 1.165) is 25.8 Å². The van der Waals surface area contributed by atoms with E-state index in [-0.39, 0.29) is 6.04 Å². The van der Waals surface area contributed by atoms with Gasteiger partial charge in [-0.15, -0.1) is 6.58 Å². The summed E-state index contributed by atoms with van der Waals surface area (Å²) >= 11 is 0. The van der Waals surface area contributed by atoms with E-state index < -0.39 is 5.60 Å². The van der Waals surface area contributed by atoms with E-state index in [4.69, 9.17) is 0 Å². The molecule has 0 radical (unpaired) electrons. The zero-order valence-corrected chi connectivity index (χ0v) is 9.26. The summed E-state index contributed by atoms with van der Waals surface area (Å²) in [4.78, 5) is 0. The molecule has 0 aromatic rings. The highest BCUT2D eigenvalue weighted by atomic mass is 16.3. The van der Waals surface area contributed by atoms with Crippen LogP contribution in [0.3, 0.4) is 0 Å². The van der Waals surface area contributed by atoms with Crippen molar-refractivity contribution in [1.82, 2.24) is 5.32 Å². The molecule has 82 valence electrons. The second-order valence-electron chi connectivity index (χ2n) is 4.54. The second-order valence-corrected chi connectivity index (χ2v) is 4.54. The molecule has 0 aromatic heterocycles. The molecule has 0 bridgehead atoms. The molecule has 0 amide bonds. The zero-order valence-electron chi connectivity index (χ0n) is 9.26. The molecule has 2 atom stereocenters. The summed E-state index contributed by atoms with van der Waals surface area (Å²) in [5, 5.41) is 13.7. The van der Waals surface area contributed by atoms with Crippen LogP contribution in [0.15, 0.2) is 12.7 Å². The van der Waals surface area contributed by atoms with Crippen molar-refractivity contribution in [3.8, 4) is 0 Å². The average Bonchev–Trinajstić information content (AvgIpc) is 2.43. The summed E-state index contributed by atoms with van der Waals surface area (Å²) in [5.41, 5.74) is -0.571. The average molecular weight is 197 g/mol. The Morgan fingerprint density at radius 2 is 2.29 bits per heavy atom. The van der Waals surface area contributed by atoms with Crippen molar-refractivity contribution in [3.63, 3.8) is 0 Å². The molecular weight excluding hydrogens is 174 g/mol. The third-order valence-electron chi connectivity index (χ3n) is 3.17. The van der Waals surface area contributed by atoms with Gasteiger partial charge in [0.25, 0.3) is 0 Å². The smallest absolute Gasteiger partial charge is 0.0775 e. The van der Waals surface area contributed by atoms with Gasteiger partial charge in [-0.3, -0.25) is 0 Å². The molecule has 2 nitrogen and oxygen atoms in total. The van der Waals surface area contributed by atoms with Crippen LogP contribution in [-0.4, -0.2) is 23.3 Å².